The number of esters is 1. The molecule has 1 aliphatic carbocycles. The summed E-state index contributed by atoms with van der Waals surface area (Å²) in [5.41, 5.74) is 6.57. The van der Waals surface area contributed by atoms with Crippen LogP contribution < -0.4 is 0 Å². The fraction of sp³-hybridized carbons (Fsp3) is 0.444. The maximum atomic E-state index is 12.4. The largest absolute Gasteiger partial charge is 0.469 e. The van der Waals surface area contributed by atoms with Crippen LogP contribution in [0.1, 0.15) is 76.5 Å². The molecule has 2 aromatic carbocycles. The number of hydrogen-bond acceptors (Lipinski definition) is 2. The van der Waals surface area contributed by atoms with Crippen LogP contribution in [0.15, 0.2) is 60.2 Å². The van der Waals surface area contributed by atoms with Gasteiger partial charge in [0.1, 0.15) is 0 Å². The van der Waals surface area contributed by atoms with Crippen molar-refractivity contribution >= 4 is 11.5 Å². The standard InChI is InChI=1S/C27H34O2/c1-26(2,3)24(18-13-9-8-10-14-18)23-21(17-22(28)29-7)19-15-11-12-16-20(19)25(23)27(4,5)6/h8-16,21,24H,17H2,1-7H3/t21?,24-/m1/s1. The van der Waals surface area contributed by atoms with E-state index in [1.807, 2.05) is 0 Å². The van der Waals surface area contributed by atoms with Gasteiger partial charge in [0.05, 0.1) is 13.5 Å². The molecule has 0 saturated carbocycles. The molecule has 29 heavy (non-hydrogen) atoms. The van der Waals surface area contributed by atoms with Crippen molar-refractivity contribution in [3.8, 4) is 0 Å². The number of ether oxygens (including phenoxy) is 1. The highest BCUT2D eigenvalue weighted by Gasteiger charge is 2.44. The highest BCUT2D eigenvalue weighted by Crippen LogP contribution is 2.58. The number of hydrogen-bond donors (Lipinski definition) is 0. The summed E-state index contributed by atoms with van der Waals surface area (Å²) in [7, 11) is 1.48. The summed E-state index contributed by atoms with van der Waals surface area (Å²) in [6.07, 6.45) is 0.377. The molecule has 1 unspecified atom stereocenters. The van der Waals surface area contributed by atoms with Crippen molar-refractivity contribution in [3.05, 3.63) is 76.9 Å². The number of rotatable bonds is 4. The smallest absolute Gasteiger partial charge is 0.306 e. The molecule has 0 radical (unpaired) electrons. The first-order valence-electron chi connectivity index (χ1n) is 10.5. The van der Waals surface area contributed by atoms with Gasteiger partial charge in [0.15, 0.2) is 0 Å². The molecular weight excluding hydrogens is 356 g/mol. The molecule has 0 saturated heterocycles. The van der Waals surface area contributed by atoms with Crippen molar-refractivity contribution < 1.29 is 9.53 Å². The van der Waals surface area contributed by atoms with E-state index in [9.17, 15) is 4.79 Å². The van der Waals surface area contributed by atoms with Gasteiger partial charge >= 0.3 is 5.97 Å². The predicted molar refractivity (Wildman–Crippen MR) is 121 cm³/mol. The first-order chi connectivity index (χ1) is 13.6. The van der Waals surface area contributed by atoms with Crippen LogP contribution in [0.5, 0.6) is 0 Å². The first kappa shape index (κ1) is 21.4. The molecule has 0 spiro atoms. The molecule has 0 heterocycles. The molecule has 0 amide bonds. The zero-order valence-corrected chi connectivity index (χ0v) is 18.9. The quantitative estimate of drug-likeness (QED) is 0.527. The number of carbonyl (C=O) groups excluding carboxylic acids is 1. The molecule has 2 heteroatoms. The lowest BCUT2D eigenvalue weighted by atomic mass is 9.66. The Morgan fingerprint density at radius 3 is 2.07 bits per heavy atom. The number of carbonyl (C=O) groups is 1. The van der Waals surface area contributed by atoms with Crippen LogP contribution in [0.2, 0.25) is 0 Å². The van der Waals surface area contributed by atoms with Gasteiger partial charge in [-0.25, -0.2) is 0 Å². The first-order valence-corrected chi connectivity index (χ1v) is 10.5. The highest BCUT2D eigenvalue weighted by molar-refractivity contribution is 5.85. The minimum Gasteiger partial charge on any atom is -0.469 e. The Morgan fingerprint density at radius 2 is 1.52 bits per heavy atom. The van der Waals surface area contributed by atoms with Crippen LogP contribution in [0.3, 0.4) is 0 Å². The van der Waals surface area contributed by atoms with Crippen molar-refractivity contribution in [1.29, 1.82) is 0 Å². The second kappa shape index (κ2) is 7.82. The highest BCUT2D eigenvalue weighted by atomic mass is 16.5. The zero-order chi connectivity index (χ0) is 21.4. The van der Waals surface area contributed by atoms with Crippen molar-refractivity contribution in [2.24, 2.45) is 10.8 Å². The van der Waals surface area contributed by atoms with Gasteiger partial charge in [-0.05, 0) is 38.7 Å². The van der Waals surface area contributed by atoms with Gasteiger partial charge in [0.25, 0.3) is 0 Å². The van der Waals surface area contributed by atoms with Gasteiger partial charge in [-0.3, -0.25) is 4.79 Å². The van der Waals surface area contributed by atoms with Gasteiger partial charge in [0.2, 0.25) is 0 Å². The van der Waals surface area contributed by atoms with Gasteiger partial charge in [0, 0.05) is 11.8 Å². The number of methoxy groups -OCH3 is 1. The van der Waals surface area contributed by atoms with Crippen LogP contribution in [0.4, 0.5) is 0 Å². The monoisotopic (exact) mass is 390 g/mol. The molecule has 1 aliphatic rings. The average Bonchev–Trinajstić information content (AvgIpc) is 2.95. The molecule has 154 valence electrons. The van der Waals surface area contributed by atoms with Gasteiger partial charge in [-0.2, -0.15) is 0 Å². The molecule has 3 rings (SSSR count). The van der Waals surface area contributed by atoms with E-state index >= 15 is 0 Å². The van der Waals surface area contributed by atoms with E-state index < -0.39 is 0 Å². The van der Waals surface area contributed by atoms with E-state index in [0.29, 0.717) is 6.42 Å². The molecule has 0 aliphatic heterocycles. The van der Waals surface area contributed by atoms with Crippen LogP contribution >= 0.6 is 0 Å². The maximum absolute atomic E-state index is 12.4. The normalized spacial score (nSPS) is 17.8. The summed E-state index contributed by atoms with van der Waals surface area (Å²) in [5.74, 6) is 0.0930. The third kappa shape index (κ3) is 4.17. The summed E-state index contributed by atoms with van der Waals surface area (Å²) >= 11 is 0. The fourth-order valence-corrected chi connectivity index (χ4v) is 4.97. The van der Waals surface area contributed by atoms with Crippen molar-refractivity contribution in [2.75, 3.05) is 7.11 Å². The average molecular weight is 391 g/mol. The topological polar surface area (TPSA) is 26.3 Å². The van der Waals surface area contributed by atoms with Crippen molar-refractivity contribution in [2.45, 2.75) is 59.8 Å². The molecule has 2 atom stereocenters. The van der Waals surface area contributed by atoms with Crippen LogP contribution in [-0.4, -0.2) is 13.1 Å². The lowest BCUT2D eigenvalue weighted by Crippen LogP contribution is -2.25. The lowest BCUT2D eigenvalue weighted by molar-refractivity contribution is -0.140. The van der Waals surface area contributed by atoms with Crippen LogP contribution in [0, 0.1) is 10.8 Å². The molecule has 0 N–H and O–H groups in total. The third-order valence-corrected chi connectivity index (χ3v) is 5.93. The Hall–Kier alpha value is -2.35. The van der Waals surface area contributed by atoms with E-state index in [1.165, 1.54) is 34.9 Å². The van der Waals surface area contributed by atoms with E-state index in [2.05, 4.69) is 96.1 Å². The molecule has 2 aromatic rings. The van der Waals surface area contributed by atoms with Gasteiger partial charge in [-0.1, -0.05) is 96.1 Å². The molecular formula is C27H34O2. The Balaban J connectivity index is 2.33. The Morgan fingerprint density at radius 1 is 0.931 bits per heavy atom. The minimum atomic E-state index is -0.154. The summed E-state index contributed by atoms with van der Waals surface area (Å²) in [6, 6.07) is 19.3. The number of benzene rings is 2. The SMILES string of the molecule is COC(=O)CC1C([C@@H](c2ccccc2)C(C)(C)C)=C(C(C)(C)C)c2ccccc21. The van der Waals surface area contributed by atoms with Crippen molar-refractivity contribution in [3.63, 3.8) is 0 Å². The number of allylic oxidation sites excluding steroid dienone is 2. The summed E-state index contributed by atoms with van der Waals surface area (Å²) in [4.78, 5) is 12.4. The lowest BCUT2D eigenvalue weighted by Gasteiger charge is -2.38. The maximum Gasteiger partial charge on any atom is 0.306 e. The predicted octanol–water partition coefficient (Wildman–Crippen LogP) is 6.98. The third-order valence-electron chi connectivity index (χ3n) is 5.93. The number of fused-ring (bicyclic) bond motifs is 1. The van der Waals surface area contributed by atoms with E-state index in [-0.39, 0.29) is 28.6 Å². The molecule has 0 bridgehead atoms. The van der Waals surface area contributed by atoms with E-state index in [1.54, 1.807) is 0 Å². The molecule has 0 fully saturated rings. The summed E-state index contributed by atoms with van der Waals surface area (Å²) in [6.45, 7) is 13.8. The second-order valence-electron chi connectivity index (χ2n) is 10.2. The zero-order valence-electron chi connectivity index (χ0n) is 18.9. The summed E-state index contributed by atoms with van der Waals surface area (Å²) < 4.78 is 5.11. The summed E-state index contributed by atoms with van der Waals surface area (Å²) in [5, 5.41) is 0. The Bertz CT molecular complexity index is 908. The molecule has 0 aromatic heterocycles. The van der Waals surface area contributed by atoms with Gasteiger partial charge < -0.3 is 4.74 Å². The Kier molecular flexibility index (Phi) is 5.76. The van der Waals surface area contributed by atoms with E-state index in [0.717, 1.165) is 0 Å². The van der Waals surface area contributed by atoms with Crippen LogP contribution in [0.25, 0.3) is 5.57 Å². The van der Waals surface area contributed by atoms with Crippen LogP contribution in [-0.2, 0) is 9.53 Å². The minimum absolute atomic E-state index is 0.00357. The molecule has 2 nitrogen and oxygen atoms in total. The van der Waals surface area contributed by atoms with Crippen molar-refractivity contribution in [1.82, 2.24) is 0 Å². The van der Waals surface area contributed by atoms with E-state index in [4.69, 9.17) is 4.74 Å². The fourth-order valence-electron chi connectivity index (χ4n) is 4.97. The van der Waals surface area contributed by atoms with Gasteiger partial charge in [-0.15, -0.1) is 0 Å². The second-order valence-corrected chi connectivity index (χ2v) is 10.2. The Labute approximate surface area is 176 Å².